The van der Waals surface area contributed by atoms with Crippen LogP contribution in [0.5, 0.6) is 0 Å². The van der Waals surface area contributed by atoms with Crippen molar-refractivity contribution in [2.45, 2.75) is 6.54 Å². The van der Waals surface area contributed by atoms with Gasteiger partial charge in [-0.3, -0.25) is 4.79 Å². The Morgan fingerprint density at radius 3 is 2.64 bits per heavy atom. The van der Waals surface area contributed by atoms with Gasteiger partial charge in [0.05, 0.1) is 24.9 Å². The third-order valence-corrected chi connectivity index (χ3v) is 3.98. The zero-order valence-electron chi connectivity index (χ0n) is 15.6. The molecule has 1 amide bonds. The van der Waals surface area contributed by atoms with Crippen LogP contribution in [0.3, 0.4) is 0 Å². The van der Waals surface area contributed by atoms with Crippen LogP contribution in [0.1, 0.15) is 15.9 Å². The molecule has 0 atom stereocenters. The van der Waals surface area contributed by atoms with Crippen molar-refractivity contribution in [1.82, 2.24) is 25.4 Å². The quantitative estimate of drug-likeness (QED) is 0.514. The molecular weight excluding hydrogens is 401 g/mol. The Balaban J connectivity index is 0.00000196. The number of nitrogens with one attached hydrogen (secondary N) is 2. The van der Waals surface area contributed by atoms with Crippen molar-refractivity contribution >= 4 is 41.8 Å². The summed E-state index contributed by atoms with van der Waals surface area (Å²) in [6, 6.07) is 11.9. The first-order chi connectivity index (χ1) is 12.8. The van der Waals surface area contributed by atoms with Crippen molar-refractivity contribution in [2.24, 2.45) is 0 Å². The van der Waals surface area contributed by atoms with E-state index in [2.05, 4.69) is 32.8 Å². The minimum absolute atomic E-state index is 0. The van der Waals surface area contributed by atoms with E-state index in [9.17, 15) is 4.79 Å². The minimum Gasteiger partial charge on any atom is -0.383 e. The van der Waals surface area contributed by atoms with Crippen molar-refractivity contribution in [2.75, 3.05) is 33.4 Å². The van der Waals surface area contributed by atoms with Gasteiger partial charge in [-0.05, 0) is 11.6 Å². The fraction of sp³-hybridized carbons (Fsp3) is 0.316. The maximum absolute atomic E-state index is 12.2. The monoisotopic (exact) mass is 425 g/mol. The lowest BCUT2D eigenvalue weighted by Crippen LogP contribution is -2.33. The Hall–Kier alpha value is -2.19. The molecule has 0 aliphatic carbocycles. The Labute approximate surface area is 176 Å². The van der Waals surface area contributed by atoms with E-state index in [0.717, 1.165) is 23.1 Å². The second kappa shape index (κ2) is 12.3. The largest absolute Gasteiger partial charge is 0.383 e. The molecule has 2 aromatic heterocycles. The van der Waals surface area contributed by atoms with Crippen LogP contribution in [0.25, 0.3) is 11.0 Å². The zero-order chi connectivity index (χ0) is 18.2. The number of hydrogen-bond acceptors (Lipinski definition) is 5. The number of methoxy groups -OCH3 is 1. The lowest BCUT2D eigenvalue weighted by molar-refractivity contribution is 0.0953. The molecule has 0 aliphatic rings. The highest BCUT2D eigenvalue weighted by Crippen LogP contribution is 2.14. The molecule has 3 rings (SSSR count). The maximum Gasteiger partial charge on any atom is 0.252 e. The van der Waals surface area contributed by atoms with Gasteiger partial charge in [0.2, 0.25) is 0 Å². The summed E-state index contributed by atoms with van der Waals surface area (Å²) in [4.78, 5) is 16.7. The molecule has 0 aliphatic heterocycles. The van der Waals surface area contributed by atoms with Crippen molar-refractivity contribution in [3.8, 4) is 0 Å². The average Bonchev–Trinajstić information content (AvgIpc) is 3.07. The van der Waals surface area contributed by atoms with Gasteiger partial charge in [0.1, 0.15) is 0 Å². The van der Waals surface area contributed by atoms with Gasteiger partial charge >= 0.3 is 0 Å². The highest BCUT2D eigenvalue weighted by molar-refractivity contribution is 5.96. The second-order valence-corrected chi connectivity index (χ2v) is 5.92. The van der Waals surface area contributed by atoms with Gasteiger partial charge in [0, 0.05) is 38.3 Å². The Morgan fingerprint density at radius 2 is 1.89 bits per heavy atom. The predicted octanol–water partition coefficient (Wildman–Crippen LogP) is 2.29. The molecular formula is C19H25Cl2N5O2. The van der Waals surface area contributed by atoms with Crippen LogP contribution >= 0.6 is 24.8 Å². The fourth-order valence-electron chi connectivity index (χ4n) is 2.63. The van der Waals surface area contributed by atoms with Gasteiger partial charge in [-0.25, -0.2) is 9.67 Å². The Morgan fingerprint density at radius 1 is 1.11 bits per heavy atom. The molecule has 1 aromatic carbocycles. The van der Waals surface area contributed by atoms with Gasteiger partial charge in [-0.2, -0.15) is 5.10 Å². The van der Waals surface area contributed by atoms with E-state index in [0.29, 0.717) is 31.8 Å². The molecule has 0 saturated carbocycles. The maximum atomic E-state index is 12.2. The molecule has 2 heterocycles. The van der Waals surface area contributed by atoms with Crippen molar-refractivity contribution in [3.63, 3.8) is 0 Å². The summed E-state index contributed by atoms with van der Waals surface area (Å²) >= 11 is 0. The Kier molecular flexibility index (Phi) is 10.5. The molecule has 152 valence electrons. The van der Waals surface area contributed by atoms with Crippen molar-refractivity contribution < 1.29 is 9.53 Å². The number of aromatic nitrogens is 3. The third kappa shape index (κ3) is 6.45. The lowest BCUT2D eigenvalue weighted by Gasteiger charge is -2.07. The van der Waals surface area contributed by atoms with Crippen LogP contribution in [0, 0.1) is 0 Å². The molecule has 0 spiro atoms. The number of fused-ring (bicyclic) bond motifs is 1. The summed E-state index contributed by atoms with van der Waals surface area (Å²) in [6.07, 6.45) is 3.34. The summed E-state index contributed by atoms with van der Waals surface area (Å²) in [5.41, 5.74) is 2.46. The molecule has 3 aromatic rings. The van der Waals surface area contributed by atoms with Crippen LogP contribution in [-0.2, 0) is 11.3 Å². The van der Waals surface area contributed by atoms with Crippen LogP contribution in [0.2, 0.25) is 0 Å². The first kappa shape index (κ1) is 23.8. The van der Waals surface area contributed by atoms with Crippen LogP contribution < -0.4 is 10.6 Å². The van der Waals surface area contributed by atoms with E-state index < -0.39 is 0 Å². The normalized spacial score (nSPS) is 10.2. The van der Waals surface area contributed by atoms with Crippen LogP contribution in [0.15, 0.2) is 48.8 Å². The Bertz CT molecular complexity index is 858. The van der Waals surface area contributed by atoms with Gasteiger partial charge in [-0.1, -0.05) is 30.3 Å². The second-order valence-electron chi connectivity index (χ2n) is 5.92. The third-order valence-electron chi connectivity index (χ3n) is 3.98. The summed E-state index contributed by atoms with van der Waals surface area (Å²) in [7, 11) is 1.66. The summed E-state index contributed by atoms with van der Waals surface area (Å²) in [5, 5.41) is 11.3. The standard InChI is InChI=1S/C19H23N5O2.2ClH/c1-26-10-9-20-7-8-21-19(25)17-11-16-13-23-24(18(16)22-12-17)14-15-5-3-2-4-6-15;;/h2-6,11-13,20H,7-10,14H2,1H3,(H,21,25);2*1H. The molecule has 0 fully saturated rings. The zero-order valence-corrected chi connectivity index (χ0v) is 17.3. The number of pyridine rings is 1. The number of rotatable bonds is 9. The highest BCUT2D eigenvalue weighted by Gasteiger charge is 2.10. The molecule has 28 heavy (non-hydrogen) atoms. The molecule has 0 unspecified atom stereocenters. The van der Waals surface area contributed by atoms with Gasteiger partial charge < -0.3 is 15.4 Å². The van der Waals surface area contributed by atoms with Gasteiger partial charge in [-0.15, -0.1) is 24.8 Å². The lowest BCUT2D eigenvalue weighted by atomic mass is 10.2. The topological polar surface area (TPSA) is 81.1 Å². The summed E-state index contributed by atoms with van der Waals surface area (Å²) < 4.78 is 6.79. The molecule has 0 radical (unpaired) electrons. The fourth-order valence-corrected chi connectivity index (χ4v) is 2.63. The summed E-state index contributed by atoms with van der Waals surface area (Å²) in [6.45, 7) is 3.31. The van der Waals surface area contributed by atoms with Crippen LogP contribution in [0.4, 0.5) is 0 Å². The molecule has 2 N–H and O–H groups in total. The smallest absolute Gasteiger partial charge is 0.252 e. The number of hydrogen-bond donors (Lipinski definition) is 2. The van der Waals surface area contributed by atoms with E-state index >= 15 is 0 Å². The SMILES string of the molecule is COCCNCCNC(=O)c1cnc2c(cnn2Cc2ccccc2)c1.Cl.Cl. The highest BCUT2D eigenvalue weighted by atomic mass is 35.5. The van der Waals surface area contributed by atoms with E-state index in [1.165, 1.54) is 0 Å². The predicted molar refractivity (Wildman–Crippen MR) is 115 cm³/mol. The van der Waals surface area contributed by atoms with Gasteiger partial charge in [0.25, 0.3) is 5.91 Å². The van der Waals surface area contributed by atoms with Gasteiger partial charge in [0.15, 0.2) is 5.65 Å². The molecule has 0 bridgehead atoms. The van der Waals surface area contributed by atoms with E-state index in [4.69, 9.17) is 4.74 Å². The van der Waals surface area contributed by atoms with Crippen molar-refractivity contribution in [1.29, 1.82) is 0 Å². The number of carbonyl (C=O) groups excluding carboxylic acids is 1. The first-order valence-electron chi connectivity index (χ1n) is 8.61. The number of carbonyl (C=O) groups is 1. The average molecular weight is 426 g/mol. The van der Waals surface area contributed by atoms with Crippen molar-refractivity contribution in [3.05, 3.63) is 59.9 Å². The minimum atomic E-state index is -0.135. The van der Waals surface area contributed by atoms with E-state index in [1.807, 2.05) is 28.9 Å². The molecule has 7 nitrogen and oxygen atoms in total. The van der Waals surface area contributed by atoms with Crippen LogP contribution in [-0.4, -0.2) is 54.0 Å². The first-order valence-corrected chi connectivity index (χ1v) is 8.61. The molecule has 9 heteroatoms. The van der Waals surface area contributed by atoms with E-state index in [1.54, 1.807) is 19.5 Å². The number of ether oxygens (including phenoxy) is 1. The number of amides is 1. The molecule has 0 saturated heterocycles. The number of halogens is 2. The van der Waals surface area contributed by atoms with E-state index in [-0.39, 0.29) is 30.7 Å². The number of benzene rings is 1. The number of nitrogens with zero attached hydrogens (tertiary/aromatic N) is 3. The summed E-state index contributed by atoms with van der Waals surface area (Å²) in [5.74, 6) is -0.135.